The van der Waals surface area contributed by atoms with E-state index in [1.54, 1.807) is 5.38 Å². The van der Waals surface area contributed by atoms with Crippen molar-refractivity contribution in [3.8, 4) is 0 Å². The number of nitrogens with zero attached hydrogens (tertiary/aromatic N) is 4. The minimum atomic E-state index is 0.517. The van der Waals surface area contributed by atoms with Crippen LogP contribution >= 0.6 is 11.3 Å². The summed E-state index contributed by atoms with van der Waals surface area (Å²) in [7, 11) is 2.18. The van der Waals surface area contributed by atoms with E-state index in [9.17, 15) is 0 Å². The molecule has 0 aliphatic carbocycles. The lowest BCUT2D eigenvalue weighted by atomic mass is 10.1. The third-order valence-electron chi connectivity index (χ3n) is 3.93. The van der Waals surface area contributed by atoms with Crippen LogP contribution in [0.15, 0.2) is 34.7 Å². The predicted molar refractivity (Wildman–Crippen MR) is 97.0 cm³/mol. The molecule has 3 rings (SSSR count). The van der Waals surface area contributed by atoms with Gasteiger partial charge in [0.2, 0.25) is 5.13 Å². The number of anilines is 2. The zero-order valence-corrected chi connectivity index (χ0v) is 14.1. The molecule has 1 aliphatic rings. The van der Waals surface area contributed by atoms with Crippen molar-refractivity contribution >= 4 is 28.5 Å². The average molecular weight is 330 g/mol. The van der Waals surface area contributed by atoms with Crippen molar-refractivity contribution in [2.75, 3.05) is 44.4 Å². The van der Waals surface area contributed by atoms with Crippen LogP contribution in [0.2, 0.25) is 0 Å². The zero-order chi connectivity index (χ0) is 16.1. The molecule has 1 aromatic heterocycles. The van der Waals surface area contributed by atoms with Gasteiger partial charge in [0.15, 0.2) is 0 Å². The number of hydrogen-bond acceptors (Lipinski definition) is 7. The third kappa shape index (κ3) is 4.51. The van der Waals surface area contributed by atoms with Crippen LogP contribution in [-0.4, -0.2) is 54.2 Å². The summed E-state index contributed by atoms with van der Waals surface area (Å²) in [5.74, 6) is 0.517. The minimum Gasteiger partial charge on any atom is -0.383 e. The van der Waals surface area contributed by atoms with Crippen LogP contribution in [0.5, 0.6) is 0 Å². The summed E-state index contributed by atoms with van der Waals surface area (Å²) in [6.45, 7) is 5.43. The number of nitrogens with one attached hydrogen (secondary N) is 1. The minimum absolute atomic E-state index is 0.517. The van der Waals surface area contributed by atoms with Gasteiger partial charge in [0, 0.05) is 38.1 Å². The van der Waals surface area contributed by atoms with Gasteiger partial charge in [-0.2, -0.15) is 5.10 Å². The van der Waals surface area contributed by atoms with Crippen molar-refractivity contribution in [3.63, 3.8) is 0 Å². The summed E-state index contributed by atoms with van der Waals surface area (Å²) in [5, 5.41) is 6.78. The molecule has 0 saturated carbocycles. The van der Waals surface area contributed by atoms with Crippen molar-refractivity contribution in [3.05, 3.63) is 40.8 Å². The second kappa shape index (κ2) is 7.54. The van der Waals surface area contributed by atoms with Gasteiger partial charge < -0.3 is 10.6 Å². The number of hydrazone groups is 1. The largest absolute Gasteiger partial charge is 0.383 e. The summed E-state index contributed by atoms with van der Waals surface area (Å²) in [5.41, 5.74) is 10.9. The Kier molecular flexibility index (Phi) is 5.22. The second-order valence-electron chi connectivity index (χ2n) is 5.73. The van der Waals surface area contributed by atoms with E-state index >= 15 is 0 Å². The first-order valence-electron chi connectivity index (χ1n) is 7.69. The van der Waals surface area contributed by atoms with Crippen LogP contribution in [-0.2, 0) is 6.54 Å². The van der Waals surface area contributed by atoms with E-state index in [-0.39, 0.29) is 0 Å². The Morgan fingerprint density at radius 2 is 2.09 bits per heavy atom. The average Bonchev–Trinajstić information content (AvgIpc) is 2.97. The fourth-order valence-electron chi connectivity index (χ4n) is 2.55. The van der Waals surface area contributed by atoms with E-state index in [1.807, 2.05) is 12.3 Å². The molecule has 0 radical (unpaired) electrons. The Balaban J connectivity index is 1.63. The van der Waals surface area contributed by atoms with Gasteiger partial charge in [-0.15, -0.1) is 11.3 Å². The standard InChI is InChI=1S/C16H22N6S/c1-21-6-8-22(9-7-21)11-14-5-3-2-4-13(14)10-18-20-16-19-15(17)12-23-16/h2-5,10,12H,6-9,11,17H2,1H3,(H,19,20). The molecule has 0 amide bonds. The SMILES string of the molecule is CN1CCN(Cc2ccccc2C=NNc2nc(N)cs2)CC1. The number of likely N-dealkylation sites (N-methyl/N-ethyl adjacent to an activating group) is 1. The molecule has 1 fully saturated rings. The van der Waals surface area contributed by atoms with Crippen molar-refractivity contribution < 1.29 is 0 Å². The highest BCUT2D eigenvalue weighted by Crippen LogP contribution is 2.16. The van der Waals surface area contributed by atoms with Crippen molar-refractivity contribution in [2.24, 2.45) is 5.10 Å². The highest BCUT2D eigenvalue weighted by atomic mass is 32.1. The van der Waals surface area contributed by atoms with Crippen LogP contribution in [0.1, 0.15) is 11.1 Å². The van der Waals surface area contributed by atoms with E-state index in [4.69, 9.17) is 5.73 Å². The summed E-state index contributed by atoms with van der Waals surface area (Å²) in [6, 6.07) is 8.38. The number of thiazole rings is 1. The maximum atomic E-state index is 5.60. The summed E-state index contributed by atoms with van der Waals surface area (Å²) < 4.78 is 0. The number of aromatic nitrogens is 1. The number of benzene rings is 1. The van der Waals surface area contributed by atoms with Crippen LogP contribution in [0.3, 0.4) is 0 Å². The van der Waals surface area contributed by atoms with Crippen molar-refractivity contribution in [2.45, 2.75) is 6.54 Å². The first-order valence-corrected chi connectivity index (χ1v) is 8.57. The Labute approximate surface area is 140 Å². The van der Waals surface area contributed by atoms with Gasteiger partial charge >= 0.3 is 0 Å². The normalized spacial score (nSPS) is 16.9. The topological polar surface area (TPSA) is 69.8 Å². The molecule has 1 aromatic carbocycles. The summed E-state index contributed by atoms with van der Waals surface area (Å²) >= 11 is 1.44. The Bertz CT molecular complexity index is 660. The van der Waals surface area contributed by atoms with Crippen LogP contribution < -0.4 is 11.2 Å². The predicted octanol–water partition coefficient (Wildman–Crippen LogP) is 1.92. The molecule has 0 bridgehead atoms. The monoisotopic (exact) mass is 330 g/mol. The Morgan fingerprint density at radius 1 is 1.30 bits per heavy atom. The molecular formula is C16H22N6S. The maximum absolute atomic E-state index is 5.60. The molecule has 23 heavy (non-hydrogen) atoms. The van der Waals surface area contributed by atoms with Gasteiger partial charge in [0.25, 0.3) is 0 Å². The van der Waals surface area contributed by atoms with Crippen LogP contribution in [0.25, 0.3) is 0 Å². The molecule has 0 spiro atoms. The van der Waals surface area contributed by atoms with Crippen LogP contribution in [0.4, 0.5) is 10.9 Å². The number of nitrogens with two attached hydrogens (primary N) is 1. The fraction of sp³-hybridized carbons (Fsp3) is 0.375. The van der Waals surface area contributed by atoms with E-state index in [2.05, 4.69) is 50.6 Å². The molecule has 2 aromatic rings. The first-order chi connectivity index (χ1) is 11.2. The maximum Gasteiger partial charge on any atom is 0.205 e. The second-order valence-corrected chi connectivity index (χ2v) is 6.58. The van der Waals surface area contributed by atoms with Crippen molar-refractivity contribution in [1.82, 2.24) is 14.8 Å². The van der Waals surface area contributed by atoms with Gasteiger partial charge in [0.1, 0.15) is 5.82 Å². The van der Waals surface area contributed by atoms with Crippen LogP contribution in [0, 0.1) is 0 Å². The molecule has 0 atom stereocenters. The van der Waals surface area contributed by atoms with E-state index in [0.717, 1.165) is 38.3 Å². The van der Waals surface area contributed by atoms with Gasteiger partial charge in [0.05, 0.1) is 6.21 Å². The molecule has 1 aliphatic heterocycles. The van der Waals surface area contributed by atoms with Gasteiger partial charge in [-0.05, 0) is 18.2 Å². The molecule has 122 valence electrons. The fourth-order valence-corrected chi connectivity index (χ4v) is 3.09. The molecular weight excluding hydrogens is 308 g/mol. The molecule has 1 saturated heterocycles. The number of nitrogen functional groups attached to an aromatic ring is 1. The highest BCUT2D eigenvalue weighted by Gasteiger charge is 2.14. The summed E-state index contributed by atoms with van der Waals surface area (Å²) in [4.78, 5) is 8.98. The zero-order valence-electron chi connectivity index (χ0n) is 13.3. The first kappa shape index (κ1) is 15.9. The van der Waals surface area contributed by atoms with E-state index in [0.29, 0.717) is 10.9 Å². The van der Waals surface area contributed by atoms with Crippen molar-refractivity contribution in [1.29, 1.82) is 0 Å². The molecule has 3 N–H and O–H groups in total. The number of piperazine rings is 1. The lowest BCUT2D eigenvalue weighted by Crippen LogP contribution is -2.44. The smallest absolute Gasteiger partial charge is 0.205 e. The third-order valence-corrected chi connectivity index (χ3v) is 4.70. The molecule has 0 unspecified atom stereocenters. The van der Waals surface area contributed by atoms with Gasteiger partial charge in [-0.1, -0.05) is 24.3 Å². The number of rotatable bonds is 5. The molecule has 7 heteroatoms. The summed E-state index contributed by atoms with van der Waals surface area (Å²) in [6.07, 6.45) is 1.85. The van der Waals surface area contributed by atoms with E-state index < -0.39 is 0 Å². The quantitative estimate of drug-likeness (QED) is 0.647. The lowest BCUT2D eigenvalue weighted by molar-refractivity contribution is 0.148. The van der Waals surface area contributed by atoms with E-state index in [1.165, 1.54) is 16.9 Å². The molecule has 2 heterocycles. The van der Waals surface area contributed by atoms with Gasteiger partial charge in [-0.25, -0.2) is 4.98 Å². The number of hydrogen-bond donors (Lipinski definition) is 2. The van der Waals surface area contributed by atoms with Gasteiger partial charge in [-0.3, -0.25) is 10.3 Å². The Hall–Kier alpha value is -1.96. The highest BCUT2D eigenvalue weighted by molar-refractivity contribution is 7.14. The Morgan fingerprint density at radius 3 is 2.83 bits per heavy atom. The lowest BCUT2D eigenvalue weighted by Gasteiger charge is -2.32. The molecule has 6 nitrogen and oxygen atoms in total.